The van der Waals surface area contributed by atoms with Gasteiger partial charge in [-0.05, 0) is 67.7 Å². The zero-order valence-corrected chi connectivity index (χ0v) is 13.2. The molecule has 4 heteroatoms. The minimum absolute atomic E-state index is 0.0956. The lowest BCUT2D eigenvalue weighted by molar-refractivity contribution is -0.141. The molecule has 4 saturated carbocycles. The van der Waals surface area contributed by atoms with Crippen LogP contribution in [-0.4, -0.2) is 15.7 Å². The van der Waals surface area contributed by atoms with Crippen molar-refractivity contribution >= 4 is 27.9 Å². The van der Waals surface area contributed by atoms with Crippen molar-refractivity contribution in [2.24, 2.45) is 23.2 Å². The van der Waals surface area contributed by atoms with Crippen molar-refractivity contribution in [1.29, 1.82) is 0 Å². The molecule has 4 bridgehead atoms. The predicted octanol–water partition coefficient (Wildman–Crippen LogP) is 3.64. The highest BCUT2D eigenvalue weighted by Crippen LogP contribution is 2.60. The number of carbonyl (C=O) groups is 1. The third-order valence-corrected chi connectivity index (χ3v) is 8.23. The summed E-state index contributed by atoms with van der Waals surface area (Å²) in [5.74, 6) is 2.87. The highest BCUT2D eigenvalue weighted by molar-refractivity contribution is 7.88. The maximum absolute atomic E-state index is 12.8. The molecule has 4 fully saturated rings. The minimum atomic E-state index is -1.13. The molecule has 5 rings (SSSR count). The van der Waals surface area contributed by atoms with Gasteiger partial charge in [-0.25, -0.2) is 0 Å². The van der Waals surface area contributed by atoms with Gasteiger partial charge < -0.3 is 0 Å². The molecule has 0 N–H and O–H groups in total. The van der Waals surface area contributed by atoms with E-state index in [1.165, 1.54) is 30.6 Å². The van der Waals surface area contributed by atoms with E-state index in [4.69, 9.17) is 0 Å². The maximum atomic E-state index is 12.8. The van der Waals surface area contributed by atoms with Crippen LogP contribution in [0, 0.1) is 23.2 Å². The van der Waals surface area contributed by atoms with Gasteiger partial charge >= 0.3 is 0 Å². The second-order valence-corrected chi connectivity index (χ2v) is 9.67. The summed E-state index contributed by atoms with van der Waals surface area (Å²) in [7, 11) is -1.13. The van der Waals surface area contributed by atoms with Crippen LogP contribution in [0.1, 0.15) is 38.5 Å². The Hall–Kier alpha value is -0.480. The summed E-state index contributed by atoms with van der Waals surface area (Å²) in [5, 5.41) is 1.93. The van der Waals surface area contributed by atoms with Crippen LogP contribution in [0.25, 0.3) is 0 Å². The fourth-order valence-corrected chi connectivity index (χ4v) is 7.33. The van der Waals surface area contributed by atoms with E-state index in [1.54, 1.807) is 0 Å². The average molecular weight is 308 g/mol. The van der Waals surface area contributed by atoms with Crippen LogP contribution >= 0.6 is 11.3 Å². The molecule has 0 aromatic carbocycles. The molecular formula is C16H20O2S2. The summed E-state index contributed by atoms with van der Waals surface area (Å²) in [6, 6.07) is 3.79. The highest BCUT2D eigenvalue weighted by atomic mass is 32.2. The second-order valence-electron chi connectivity index (χ2n) is 7.04. The minimum Gasteiger partial charge on any atom is -0.298 e. The van der Waals surface area contributed by atoms with Gasteiger partial charge in [-0.1, -0.05) is 6.07 Å². The van der Waals surface area contributed by atoms with Gasteiger partial charge in [0.25, 0.3) is 0 Å². The first kappa shape index (κ1) is 13.2. The smallest absolute Gasteiger partial charge is 0.151 e. The molecule has 1 heterocycles. The zero-order chi connectivity index (χ0) is 13.7. The average Bonchev–Trinajstić information content (AvgIpc) is 2.90. The number of Topliss-reactive ketones (excluding diaryl/α,β-unsaturated/α-hetero) is 1. The van der Waals surface area contributed by atoms with Crippen molar-refractivity contribution in [3.63, 3.8) is 0 Å². The van der Waals surface area contributed by atoms with Crippen molar-refractivity contribution in [3.8, 4) is 0 Å². The van der Waals surface area contributed by atoms with E-state index in [0.717, 1.165) is 41.2 Å². The Balaban J connectivity index is 1.52. The van der Waals surface area contributed by atoms with Crippen molar-refractivity contribution in [2.75, 3.05) is 5.75 Å². The molecule has 0 aliphatic heterocycles. The van der Waals surface area contributed by atoms with E-state index in [9.17, 15) is 9.00 Å². The molecule has 4 aliphatic carbocycles. The molecule has 4 aliphatic rings. The number of hydrogen-bond donors (Lipinski definition) is 0. The fourth-order valence-electron chi connectivity index (χ4n) is 5.19. The molecule has 0 amide bonds. The third-order valence-electron chi connectivity index (χ3n) is 5.61. The Labute approximate surface area is 126 Å². The van der Waals surface area contributed by atoms with Crippen LogP contribution in [0.2, 0.25) is 0 Å². The van der Waals surface area contributed by atoms with Gasteiger partial charge in [0, 0.05) is 5.41 Å². The Bertz CT molecular complexity index is 512. The molecule has 2 nitrogen and oxygen atoms in total. The third kappa shape index (κ3) is 2.12. The fraction of sp³-hybridized carbons (Fsp3) is 0.688. The summed E-state index contributed by atoms with van der Waals surface area (Å²) in [6.45, 7) is 0. The van der Waals surface area contributed by atoms with Crippen LogP contribution in [0.3, 0.4) is 0 Å². The lowest BCUT2D eigenvalue weighted by Crippen LogP contribution is -2.51. The lowest BCUT2D eigenvalue weighted by atomic mass is 9.48. The lowest BCUT2D eigenvalue weighted by Gasteiger charge is -2.55. The van der Waals surface area contributed by atoms with E-state index in [0.29, 0.717) is 5.78 Å². The molecule has 108 valence electrons. The molecular weight excluding hydrogens is 288 g/mol. The normalized spacial score (nSPS) is 39.9. The Morgan fingerprint density at radius 2 is 1.80 bits per heavy atom. The van der Waals surface area contributed by atoms with Gasteiger partial charge in [0.05, 0.1) is 20.8 Å². The van der Waals surface area contributed by atoms with Crippen molar-refractivity contribution in [1.82, 2.24) is 0 Å². The zero-order valence-electron chi connectivity index (χ0n) is 11.5. The van der Waals surface area contributed by atoms with E-state index in [-0.39, 0.29) is 11.2 Å². The largest absolute Gasteiger partial charge is 0.298 e. The molecule has 1 unspecified atom stereocenters. The first-order valence-corrected chi connectivity index (χ1v) is 9.80. The van der Waals surface area contributed by atoms with Crippen LogP contribution in [-0.2, 0) is 15.6 Å². The van der Waals surface area contributed by atoms with E-state index >= 15 is 0 Å². The SMILES string of the molecule is O=C(CS(=O)c1cccs1)C12CC3CC(CC(C3)C1)C2. The molecule has 0 radical (unpaired) electrons. The quantitative estimate of drug-likeness (QED) is 0.851. The Morgan fingerprint density at radius 3 is 2.30 bits per heavy atom. The predicted molar refractivity (Wildman–Crippen MR) is 81.2 cm³/mol. The van der Waals surface area contributed by atoms with Crippen molar-refractivity contribution in [2.45, 2.75) is 42.7 Å². The maximum Gasteiger partial charge on any atom is 0.151 e. The number of carbonyl (C=O) groups excluding carboxylic acids is 1. The molecule has 1 atom stereocenters. The molecule has 0 spiro atoms. The van der Waals surface area contributed by atoms with Gasteiger partial charge in [0.1, 0.15) is 0 Å². The van der Waals surface area contributed by atoms with Crippen LogP contribution in [0.5, 0.6) is 0 Å². The number of hydrogen-bond acceptors (Lipinski definition) is 3. The van der Waals surface area contributed by atoms with Crippen molar-refractivity contribution in [3.05, 3.63) is 17.5 Å². The number of ketones is 1. The summed E-state index contributed by atoms with van der Waals surface area (Å²) < 4.78 is 13.2. The van der Waals surface area contributed by atoms with E-state index < -0.39 is 10.8 Å². The Kier molecular flexibility index (Phi) is 3.15. The molecule has 1 aromatic heterocycles. The number of thiophene rings is 1. The summed E-state index contributed by atoms with van der Waals surface area (Å²) in [5.41, 5.74) is -0.0956. The Morgan fingerprint density at radius 1 is 1.20 bits per heavy atom. The molecule has 0 saturated heterocycles. The summed E-state index contributed by atoms with van der Waals surface area (Å²) >= 11 is 1.50. The first-order valence-electron chi connectivity index (χ1n) is 7.60. The second kappa shape index (κ2) is 4.77. The summed E-state index contributed by atoms with van der Waals surface area (Å²) in [4.78, 5) is 12.8. The first-order chi connectivity index (χ1) is 9.64. The monoisotopic (exact) mass is 308 g/mol. The van der Waals surface area contributed by atoms with Gasteiger partial charge in [-0.2, -0.15) is 0 Å². The van der Waals surface area contributed by atoms with Gasteiger partial charge in [-0.15, -0.1) is 11.3 Å². The van der Waals surface area contributed by atoms with Crippen LogP contribution in [0.15, 0.2) is 21.7 Å². The van der Waals surface area contributed by atoms with Gasteiger partial charge in [0.2, 0.25) is 0 Å². The van der Waals surface area contributed by atoms with Crippen LogP contribution in [0.4, 0.5) is 0 Å². The standard InChI is InChI=1S/C16H20O2S2/c17-14(10-20(18)15-2-1-3-19-15)16-7-11-4-12(8-16)6-13(5-11)9-16/h1-3,11-13H,4-10H2. The van der Waals surface area contributed by atoms with Gasteiger partial charge in [-0.3, -0.25) is 9.00 Å². The van der Waals surface area contributed by atoms with Crippen molar-refractivity contribution < 1.29 is 9.00 Å². The molecule has 1 aromatic rings. The topological polar surface area (TPSA) is 34.1 Å². The van der Waals surface area contributed by atoms with Gasteiger partial charge in [0.15, 0.2) is 5.78 Å². The van der Waals surface area contributed by atoms with Crippen LogP contribution < -0.4 is 0 Å². The molecule has 20 heavy (non-hydrogen) atoms. The summed E-state index contributed by atoms with van der Waals surface area (Å²) in [6.07, 6.45) is 7.29. The highest BCUT2D eigenvalue weighted by Gasteiger charge is 2.54. The number of rotatable bonds is 4. The van der Waals surface area contributed by atoms with E-state index in [1.807, 2.05) is 17.5 Å². The van der Waals surface area contributed by atoms with E-state index in [2.05, 4.69) is 0 Å².